The van der Waals surface area contributed by atoms with E-state index in [1.54, 1.807) is 7.11 Å². The molecule has 2 saturated heterocycles. The second-order valence-electron chi connectivity index (χ2n) is 11.2. The van der Waals surface area contributed by atoms with Crippen molar-refractivity contribution in [1.82, 2.24) is 14.9 Å². The van der Waals surface area contributed by atoms with Crippen molar-refractivity contribution >= 4 is 34.6 Å². The van der Waals surface area contributed by atoms with Crippen molar-refractivity contribution in [3.8, 4) is 17.2 Å². The van der Waals surface area contributed by atoms with Crippen LogP contribution < -0.4 is 30.1 Å². The van der Waals surface area contributed by atoms with Gasteiger partial charge in [0.25, 0.3) is 0 Å². The summed E-state index contributed by atoms with van der Waals surface area (Å²) in [7, 11) is 1.62. The Labute approximate surface area is 275 Å². The Morgan fingerprint density at radius 1 is 0.979 bits per heavy atom. The van der Waals surface area contributed by atoms with E-state index in [4.69, 9.17) is 14.3 Å². The summed E-state index contributed by atoms with van der Waals surface area (Å²) in [6.07, 6.45) is 5.46. The predicted molar refractivity (Wildman–Crippen MR) is 185 cm³/mol. The van der Waals surface area contributed by atoms with E-state index in [1.807, 2.05) is 77.9 Å². The van der Waals surface area contributed by atoms with Crippen LogP contribution in [0.2, 0.25) is 0 Å². The number of methoxy groups -OCH3 is 1. The molecule has 11 heteroatoms. The van der Waals surface area contributed by atoms with Gasteiger partial charge in [0.05, 0.1) is 36.8 Å². The second-order valence-corrected chi connectivity index (χ2v) is 11.2. The standard InChI is InChI=1S/C36H39N7O4/c1-4-15-41-16-18-42(19-17-41)32-23-33(45-3)30(22-29(32)40-36(44)5-2)39-34-24-35(38-25-37-34)43-31(14-20-46-43)26-10-9-13-28(21-26)47-27-11-7-6-8-12-27/h4-13,21-25,31H,1-2,14-20H2,3H3,(H,40,44)(H,37,38,39)/t31-/m1/s1. The number of carbonyl (C=O) groups excluding carboxylic acids is 1. The van der Waals surface area contributed by atoms with Gasteiger partial charge in [0.1, 0.15) is 29.4 Å². The van der Waals surface area contributed by atoms with E-state index in [1.165, 1.54) is 12.4 Å². The minimum atomic E-state index is -0.299. The molecule has 2 aliphatic rings. The fourth-order valence-corrected chi connectivity index (χ4v) is 5.82. The highest BCUT2D eigenvalue weighted by molar-refractivity contribution is 6.02. The van der Waals surface area contributed by atoms with Crippen LogP contribution in [0.25, 0.3) is 0 Å². The van der Waals surface area contributed by atoms with Crippen molar-refractivity contribution in [1.29, 1.82) is 0 Å². The summed E-state index contributed by atoms with van der Waals surface area (Å²) in [4.78, 5) is 32.1. The number of anilines is 5. The van der Waals surface area contributed by atoms with Gasteiger partial charge in [-0.05, 0) is 42.0 Å². The summed E-state index contributed by atoms with van der Waals surface area (Å²) in [6, 6.07) is 23.3. The van der Waals surface area contributed by atoms with Gasteiger partial charge < -0.3 is 25.0 Å². The molecule has 1 atom stereocenters. The lowest BCUT2D eigenvalue weighted by Gasteiger charge is -2.36. The van der Waals surface area contributed by atoms with Gasteiger partial charge in [-0.1, -0.05) is 43.0 Å². The number of hydroxylamine groups is 1. The zero-order chi connectivity index (χ0) is 32.6. The quantitative estimate of drug-likeness (QED) is 0.136. The normalized spacial score (nSPS) is 16.4. The molecular formula is C36H39N7O4. The van der Waals surface area contributed by atoms with Crippen LogP contribution in [-0.2, 0) is 9.63 Å². The zero-order valence-electron chi connectivity index (χ0n) is 26.5. The van der Waals surface area contributed by atoms with Gasteiger partial charge in [-0.25, -0.2) is 15.0 Å². The zero-order valence-corrected chi connectivity index (χ0v) is 26.5. The van der Waals surface area contributed by atoms with Crippen molar-refractivity contribution in [2.75, 3.05) is 67.0 Å². The molecule has 0 saturated carbocycles. The number of hydrogen-bond donors (Lipinski definition) is 2. The summed E-state index contributed by atoms with van der Waals surface area (Å²) in [5.41, 5.74) is 3.20. The van der Waals surface area contributed by atoms with Gasteiger partial charge in [-0.3, -0.25) is 14.5 Å². The van der Waals surface area contributed by atoms with Gasteiger partial charge in [0.15, 0.2) is 5.82 Å². The summed E-state index contributed by atoms with van der Waals surface area (Å²) < 4.78 is 11.9. The highest BCUT2D eigenvalue weighted by Gasteiger charge is 2.30. The molecule has 4 aromatic rings. The number of para-hydroxylation sites is 1. The van der Waals surface area contributed by atoms with Gasteiger partial charge >= 0.3 is 0 Å². The molecule has 1 amide bonds. The van der Waals surface area contributed by atoms with Gasteiger partial charge in [-0.15, -0.1) is 6.58 Å². The number of hydrogen-bond acceptors (Lipinski definition) is 10. The fourth-order valence-electron chi connectivity index (χ4n) is 5.82. The maximum atomic E-state index is 12.5. The number of nitrogens with one attached hydrogen (secondary N) is 2. The van der Waals surface area contributed by atoms with E-state index in [-0.39, 0.29) is 11.9 Å². The number of nitrogens with zero attached hydrogens (tertiary/aromatic N) is 5. The van der Waals surface area contributed by atoms with E-state index in [2.05, 4.69) is 49.6 Å². The smallest absolute Gasteiger partial charge is 0.247 e. The van der Waals surface area contributed by atoms with E-state index < -0.39 is 0 Å². The Morgan fingerprint density at radius 3 is 2.55 bits per heavy atom. The Hall–Kier alpha value is -5.39. The number of rotatable bonds is 12. The first-order valence-electron chi connectivity index (χ1n) is 15.6. The molecule has 0 bridgehead atoms. The van der Waals surface area contributed by atoms with E-state index in [0.29, 0.717) is 35.4 Å². The van der Waals surface area contributed by atoms with Crippen LogP contribution in [0.15, 0.2) is 104 Å². The molecule has 0 radical (unpaired) electrons. The van der Waals surface area contributed by atoms with Crippen LogP contribution in [0.3, 0.4) is 0 Å². The van der Waals surface area contributed by atoms with Crippen molar-refractivity contribution in [3.63, 3.8) is 0 Å². The number of ether oxygens (including phenoxy) is 2. The first kappa shape index (κ1) is 31.6. The van der Waals surface area contributed by atoms with Crippen molar-refractivity contribution in [3.05, 3.63) is 110 Å². The Bertz CT molecular complexity index is 1710. The molecule has 2 fully saturated rings. The molecule has 2 N–H and O–H groups in total. The van der Waals surface area contributed by atoms with Crippen LogP contribution in [0, 0.1) is 0 Å². The van der Waals surface area contributed by atoms with Crippen LogP contribution >= 0.6 is 0 Å². The molecule has 242 valence electrons. The molecule has 1 aromatic heterocycles. The summed E-state index contributed by atoms with van der Waals surface area (Å²) in [6.45, 7) is 12.3. The Morgan fingerprint density at radius 2 is 1.79 bits per heavy atom. The molecule has 3 heterocycles. The van der Waals surface area contributed by atoms with Crippen LogP contribution in [-0.4, -0.2) is 67.2 Å². The van der Waals surface area contributed by atoms with E-state index in [0.717, 1.165) is 61.9 Å². The molecule has 11 nitrogen and oxygen atoms in total. The van der Waals surface area contributed by atoms with E-state index >= 15 is 0 Å². The lowest BCUT2D eigenvalue weighted by atomic mass is 10.0. The van der Waals surface area contributed by atoms with Crippen molar-refractivity contribution in [2.45, 2.75) is 12.5 Å². The summed E-state index contributed by atoms with van der Waals surface area (Å²) >= 11 is 0. The predicted octanol–water partition coefficient (Wildman–Crippen LogP) is 6.34. The third-order valence-electron chi connectivity index (χ3n) is 8.13. The molecule has 6 rings (SSSR count). The molecule has 0 unspecified atom stereocenters. The van der Waals surface area contributed by atoms with Gasteiger partial charge in [-0.2, -0.15) is 0 Å². The average Bonchev–Trinajstić information content (AvgIpc) is 3.60. The number of aromatic nitrogens is 2. The fraction of sp³-hybridized carbons (Fsp3) is 0.250. The molecule has 2 aliphatic heterocycles. The van der Waals surface area contributed by atoms with Crippen LogP contribution in [0.4, 0.5) is 28.7 Å². The average molecular weight is 634 g/mol. The summed E-state index contributed by atoms with van der Waals surface area (Å²) in [5, 5.41) is 8.16. The first-order chi connectivity index (χ1) is 23.0. The van der Waals surface area contributed by atoms with Gasteiger partial charge in [0, 0.05) is 51.3 Å². The minimum Gasteiger partial charge on any atom is -0.494 e. The van der Waals surface area contributed by atoms with Crippen molar-refractivity contribution in [2.24, 2.45) is 0 Å². The van der Waals surface area contributed by atoms with E-state index in [9.17, 15) is 4.79 Å². The molecule has 0 spiro atoms. The largest absolute Gasteiger partial charge is 0.494 e. The Balaban J connectivity index is 1.24. The number of benzene rings is 3. The topological polar surface area (TPSA) is 104 Å². The minimum absolute atomic E-state index is 0.0708. The monoisotopic (exact) mass is 633 g/mol. The highest BCUT2D eigenvalue weighted by Crippen LogP contribution is 2.40. The van der Waals surface area contributed by atoms with Crippen molar-refractivity contribution < 1.29 is 19.1 Å². The molecule has 47 heavy (non-hydrogen) atoms. The van der Waals surface area contributed by atoms with Crippen LogP contribution in [0.1, 0.15) is 18.0 Å². The number of amides is 1. The second kappa shape index (κ2) is 14.8. The molecular weight excluding hydrogens is 594 g/mol. The third kappa shape index (κ3) is 7.54. The summed E-state index contributed by atoms with van der Waals surface area (Å²) in [5.74, 6) is 2.97. The SMILES string of the molecule is C=CCN1CCN(c2cc(OC)c(Nc3cc(N4OCC[C@@H]4c4cccc(Oc5ccccc5)c4)ncn3)cc2NC(=O)C=C)CC1. The lowest BCUT2D eigenvalue weighted by molar-refractivity contribution is -0.111. The number of carbonyl (C=O) groups is 1. The first-order valence-corrected chi connectivity index (χ1v) is 15.6. The van der Waals surface area contributed by atoms with Crippen LogP contribution in [0.5, 0.6) is 17.2 Å². The molecule has 3 aromatic carbocycles. The Kier molecular flexibility index (Phi) is 9.95. The number of piperazine rings is 1. The maximum Gasteiger partial charge on any atom is 0.247 e. The van der Waals surface area contributed by atoms with Gasteiger partial charge in [0.2, 0.25) is 5.91 Å². The highest BCUT2D eigenvalue weighted by atomic mass is 16.7. The maximum absolute atomic E-state index is 12.5. The molecule has 0 aliphatic carbocycles. The lowest BCUT2D eigenvalue weighted by Crippen LogP contribution is -2.46. The third-order valence-corrected chi connectivity index (χ3v) is 8.13.